The Morgan fingerprint density at radius 3 is 2.27 bits per heavy atom. The van der Waals surface area contributed by atoms with Crippen molar-refractivity contribution in [2.24, 2.45) is 17.7 Å². The van der Waals surface area contributed by atoms with Crippen molar-refractivity contribution >= 4 is 22.9 Å². The molecule has 2 N–H and O–H groups in total. The summed E-state index contributed by atoms with van der Waals surface area (Å²) in [6.45, 7) is 29.6. The predicted molar refractivity (Wildman–Crippen MR) is 199 cm³/mol. The SMILES string of the molecule is C=C(CCN(C(=C)CCC)C(C)C(C)/C=C\C(=C/CC)CCCCN(CCC)CCC(C)CC)c1cc(Cl)ccc1N(C)N. The maximum Gasteiger partial charge on any atom is 0.0589 e. The van der Waals surface area contributed by atoms with Crippen molar-refractivity contribution in [1.82, 2.24) is 9.80 Å². The van der Waals surface area contributed by atoms with Crippen LogP contribution in [0.4, 0.5) is 5.69 Å². The molecule has 0 saturated heterocycles. The summed E-state index contributed by atoms with van der Waals surface area (Å²) in [5.41, 5.74) is 5.65. The van der Waals surface area contributed by atoms with Crippen LogP contribution < -0.4 is 10.9 Å². The minimum Gasteiger partial charge on any atom is -0.372 e. The standard InChI is InChI=1S/C39H67ClN4/c1-11-17-34(8)44(29-25-33(7)38-30-37(40)22-23-39(38)42(10)41)35(9)32(6)20-21-36(18-12-2)19-15-16-27-43(26-13-3)28-24-31(5)14-4/h18,20-23,30-32,35H,7-8,11-17,19,24-29,41H2,1-6,9-10H3/b21-20-,36-18-. The van der Waals surface area contributed by atoms with Crippen LogP contribution in [0.15, 0.2) is 60.9 Å². The average molecular weight is 627 g/mol. The van der Waals surface area contributed by atoms with E-state index in [0.717, 1.165) is 61.4 Å². The zero-order valence-corrected chi connectivity index (χ0v) is 30.6. The fourth-order valence-electron chi connectivity index (χ4n) is 5.73. The second-order valence-electron chi connectivity index (χ2n) is 12.9. The van der Waals surface area contributed by atoms with E-state index in [2.05, 4.69) is 89.7 Å². The molecule has 0 amide bonds. The minimum absolute atomic E-state index is 0.324. The first-order valence-electron chi connectivity index (χ1n) is 17.5. The smallest absolute Gasteiger partial charge is 0.0589 e. The van der Waals surface area contributed by atoms with E-state index < -0.39 is 0 Å². The Bertz CT molecular complexity index is 1030. The molecule has 250 valence electrons. The lowest BCUT2D eigenvalue weighted by molar-refractivity contribution is 0.228. The number of hydrazine groups is 1. The van der Waals surface area contributed by atoms with E-state index in [0.29, 0.717) is 17.0 Å². The van der Waals surface area contributed by atoms with Crippen LogP contribution in [0.2, 0.25) is 5.02 Å². The molecule has 0 fully saturated rings. The van der Waals surface area contributed by atoms with Gasteiger partial charge in [0.2, 0.25) is 0 Å². The van der Waals surface area contributed by atoms with Crippen molar-refractivity contribution in [2.45, 2.75) is 119 Å². The number of unbranched alkanes of at least 4 members (excludes halogenated alkanes) is 1. The predicted octanol–water partition coefficient (Wildman–Crippen LogP) is 10.9. The largest absolute Gasteiger partial charge is 0.372 e. The van der Waals surface area contributed by atoms with Gasteiger partial charge in [0.05, 0.1) is 5.69 Å². The summed E-state index contributed by atoms with van der Waals surface area (Å²) in [6, 6.07) is 6.13. The molecule has 0 spiro atoms. The third-order valence-electron chi connectivity index (χ3n) is 9.02. The monoisotopic (exact) mass is 627 g/mol. The highest BCUT2D eigenvalue weighted by Gasteiger charge is 2.21. The highest BCUT2D eigenvalue weighted by atomic mass is 35.5. The maximum absolute atomic E-state index is 6.35. The van der Waals surface area contributed by atoms with Gasteiger partial charge in [0.1, 0.15) is 0 Å². The number of rotatable bonds is 24. The molecule has 5 heteroatoms. The molecule has 4 nitrogen and oxygen atoms in total. The van der Waals surface area contributed by atoms with Crippen molar-refractivity contribution in [1.29, 1.82) is 0 Å². The molecule has 0 radical (unpaired) electrons. The summed E-state index contributed by atoms with van der Waals surface area (Å²) >= 11 is 6.35. The first-order valence-corrected chi connectivity index (χ1v) is 17.9. The van der Waals surface area contributed by atoms with Crippen molar-refractivity contribution in [3.8, 4) is 0 Å². The van der Waals surface area contributed by atoms with Crippen LogP contribution in [0.3, 0.4) is 0 Å². The second-order valence-corrected chi connectivity index (χ2v) is 13.3. The molecular weight excluding hydrogens is 560 g/mol. The number of nitrogens with two attached hydrogens (primary N) is 1. The van der Waals surface area contributed by atoms with E-state index in [1.54, 1.807) is 5.01 Å². The van der Waals surface area contributed by atoms with Crippen LogP contribution in [0.25, 0.3) is 5.57 Å². The number of nitrogens with zero attached hydrogens (tertiary/aromatic N) is 3. The van der Waals surface area contributed by atoms with Crippen molar-refractivity contribution in [3.05, 3.63) is 71.4 Å². The van der Waals surface area contributed by atoms with Crippen LogP contribution in [0, 0.1) is 11.8 Å². The highest BCUT2D eigenvalue weighted by molar-refractivity contribution is 6.30. The van der Waals surface area contributed by atoms with Crippen LogP contribution >= 0.6 is 11.6 Å². The van der Waals surface area contributed by atoms with E-state index in [9.17, 15) is 0 Å². The zero-order chi connectivity index (χ0) is 33.1. The molecular formula is C39H67ClN4. The lowest BCUT2D eigenvalue weighted by atomic mass is 9.96. The normalized spacial score (nSPS) is 14.2. The fourth-order valence-corrected chi connectivity index (χ4v) is 5.90. The molecule has 0 aliphatic heterocycles. The molecule has 1 rings (SSSR count). The summed E-state index contributed by atoms with van der Waals surface area (Å²) < 4.78 is 0. The zero-order valence-electron chi connectivity index (χ0n) is 29.8. The van der Waals surface area contributed by atoms with Crippen molar-refractivity contribution in [3.63, 3.8) is 0 Å². The number of halogens is 1. The van der Waals surface area contributed by atoms with Gasteiger partial charge in [-0.05, 0) is 114 Å². The van der Waals surface area contributed by atoms with E-state index in [4.69, 9.17) is 17.4 Å². The molecule has 0 aliphatic rings. The molecule has 0 saturated carbocycles. The van der Waals surface area contributed by atoms with E-state index in [1.165, 1.54) is 63.0 Å². The van der Waals surface area contributed by atoms with Gasteiger partial charge in [-0.2, -0.15) is 0 Å². The fraction of sp³-hybridized carbons (Fsp3) is 0.641. The van der Waals surface area contributed by atoms with E-state index in [-0.39, 0.29) is 0 Å². The summed E-state index contributed by atoms with van der Waals surface area (Å²) in [5.74, 6) is 7.32. The molecule has 0 heterocycles. The maximum atomic E-state index is 6.35. The summed E-state index contributed by atoms with van der Waals surface area (Å²) in [6.07, 6.45) is 18.7. The first-order chi connectivity index (χ1) is 21.0. The van der Waals surface area contributed by atoms with Crippen LogP contribution in [0.5, 0.6) is 0 Å². The third-order valence-corrected chi connectivity index (χ3v) is 9.25. The topological polar surface area (TPSA) is 35.7 Å². The van der Waals surface area contributed by atoms with Crippen molar-refractivity contribution < 1.29 is 0 Å². The summed E-state index contributed by atoms with van der Waals surface area (Å²) in [7, 11) is 1.85. The lowest BCUT2D eigenvalue weighted by Gasteiger charge is -2.36. The Morgan fingerprint density at radius 1 is 0.932 bits per heavy atom. The van der Waals surface area contributed by atoms with Gasteiger partial charge < -0.3 is 14.8 Å². The van der Waals surface area contributed by atoms with Gasteiger partial charge in [0.25, 0.3) is 0 Å². The van der Waals surface area contributed by atoms with Gasteiger partial charge >= 0.3 is 0 Å². The first kappa shape index (κ1) is 40.0. The van der Waals surface area contributed by atoms with Crippen LogP contribution in [-0.4, -0.2) is 49.1 Å². The van der Waals surface area contributed by atoms with Gasteiger partial charge in [0, 0.05) is 35.9 Å². The Balaban J connectivity index is 2.86. The van der Waals surface area contributed by atoms with Gasteiger partial charge in [-0.15, -0.1) is 0 Å². The quantitative estimate of drug-likeness (QED) is 0.0536. The minimum atomic E-state index is 0.324. The molecule has 1 aromatic rings. The van der Waals surface area contributed by atoms with E-state index in [1.807, 2.05) is 25.2 Å². The van der Waals surface area contributed by atoms with Gasteiger partial charge in [0.15, 0.2) is 0 Å². The number of benzene rings is 1. The van der Waals surface area contributed by atoms with Gasteiger partial charge in [-0.25, -0.2) is 5.84 Å². The van der Waals surface area contributed by atoms with Crippen LogP contribution in [-0.2, 0) is 0 Å². The molecule has 0 aromatic heterocycles. The highest BCUT2D eigenvalue weighted by Crippen LogP contribution is 2.31. The third kappa shape index (κ3) is 14.8. The Kier molecular flexibility index (Phi) is 20.5. The van der Waals surface area contributed by atoms with Crippen LogP contribution in [0.1, 0.15) is 118 Å². The van der Waals surface area contributed by atoms with Gasteiger partial charge in [-0.1, -0.05) is 103 Å². The number of allylic oxidation sites excluding steroid dienone is 4. The second kappa shape index (κ2) is 22.5. The summed E-state index contributed by atoms with van der Waals surface area (Å²) in [5, 5.41) is 2.33. The van der Waals surface area contributed by atoms with E-state index >= 15 is 0 Å². The molecule has 3 atom stereocenters. The van der Waals surface area contributed by atoms with Gasteiger partial charge in [-0.3, -0.25) is 0 Å². The molecule has 1 aromatic carbocycles. The lowest BCUT2D eigenvalue weighted by Crippen LogP contribution is -2.37. The number of anilines is 1. The molecule has 44 heavy (non-hydrogen) atoms. The molecule has 0 bridgehead atoms. The Morgan fingerprint density at radius 2 is 1.66 bits per heavy atom. The average Bonchev–Trinajstić information content (AvgIpc) is 2.99. The summed E-state index contributed by atoms with van der Waals surface area (Å²) in [4.78, 5) is 5.17. The Hall–Kier alpha value is -2.01. The van der Waals surface area contributed by atoms with Crippen molar-refractivity contribution in [2.75, 3.05) is 38.2 Å². The Labute approximate surface area is 278 Å². The number of hydrogen-bond acceptors (Lipinski definition) is 4. The molecule has 0 aliphatic carbocycles. The number of hydrogen-bond donors (Lipinski definition) is 1. The molecule has 3 unspecified atom stereocenters.